The summed E-state index contributed by atoms with van der Waals surface area (Å²) in [6, 6.07) is 0. The first-order valence-electron chi connectivity index (χ1n) is 6.18. The average molecular weight is 236 g/mol. The van der Waals surface area contributed by atoms with Crippen molar-refractivity contribution in [1.29, 1.82) is 0 Å². The number of terminal acetylenes is 1. The summed E-state index contributed by atoms with van der Waals surface area (Å²) in [5, 5.41) is 0. The second-order valence-corrected chi connectivity index (χ2v) is 5.19. The third-order valence-corrected chi connectivity index (χ3v) is 2.89. The van der Waals surface area contributed by atoms with Gasteiger partial charge >= 0.3 is 5.97 Å². The average Bonchev–Trinajstić information content (AvgIpc) is 2.23. The maximum Gasteiger partial charge on any atom is 0.330 e. The Bertz CT molecular complexity index is 305. The number of esters is 1. The van der Waals surface area contributed by atoms with Crippen molar-refractivity contribution in [3.05, 3.63) is 12.2 Å². The minimum Gasteiger partial charge on any atom is -0.457 e. The van der Waals surface area contributed by atoms with E-state index in [1.54, 1.807) is 6.08 Å². The molecule has 2 nitrogen and oxygen atoms in total. The molecule has 0 aromatic heterocycles. The standard InChI is InChI=1S/C15H24O2/c1-7-13(12(3)4)10-9-11-14(16)17-15(5,6)8-2/h1,9,11-13H,8,10H2,2-6H3/b11-9+/t13-/m0/s1. The van der Waals surface area contributed by atoms with Crippen molar-refractivity contribution in [2.45, 2.75) is 53.1 Å². The second-order valence-electron chi connectivity index (χ2n) is 5.19. The maximum atomic E-state index is 11.5. The highest BCUT2D eigenvalue weighted by atomic mass is 16.6. The Morgan fingerprint density at radius 2 is 2.06 bits per heavy atom. The second kappa shape index (κ2) is 7.17. The summed E-state index contributed by atoms with van der Waals surface area (Å²) < 4.78 is 5.29. The Morgan fingerprint density at radius 1 is 1.47 bits per heavy atom. The summed E-state index contributed by atoms with van der Waals surface area (Å²) in [6.45, 7) is 9.95. The molecule has 0 saturated heterocycles. The van der Waals surface area contributed by atoms with Crippen molar-refractivity contribution in [3.63, 3.8) is 0 Å². The van der Waals surface area contributed by atoms with Crippen LogP contribution in [0.15, 0.2) is 12.2 Å². The molecule has 17 heavy (non-hydrogen) atoms. The van der Waals surface area contributed by atoms with E-state index < -0.39 is 5.60 Å². The smallest absolute Gasteiger partial charge is 0.330 e. The molecule has 0 N–H and O–H groups in total. The molecule has 0 amide bonds. The third-order valence-electron chi connectivity index (χ3n) is 2.89. The molecule has 0 saturated carbocycles. The number of carbonyl (C=O) groups excluding carboxylic acids is 1. The topological polar surface area (TPSA) is 26.3 Å². The van der Waals surface area contributed by atoms with Gasteiger partial charge in [-0.05, 0) is 32.6 Å². The minimum absolute atomic E-state index is 0.179. The monoisotopic (exact) mass is 236 g/mol. The Kier molecular flexibility index (Phi) is 6.65. The Balaban J connectivity index is 4.18. The summed E-state index contributed by atoms with van der Waals surface area (Å²) in [6.07, 6.45) is 10.2. The van der Waals surface area contributed by atoms with Gasteiger partial charge in [-0.3, -0.25) is 0 Å². The number of hydrogen-bond donors (Lipinski definition) is 0. The van der Waals surface area contributed by atoms with Gasteiger partial charge in [-0.25, -0.2) is 4.79 Å². The zero-order valence-electron chi connectivity index (χ0n) is 11.6. The van der Waals surface area contributed by atoms with Crippen LogP contribution < -0.4 is 0 Å². The van der Waals surface area contributed by atoms with E-state index in [0.717, 1.165) is 12.8 Å². The van der Waals surface area contributed by atoms with Crippen molar-refractivity contribution in [3.8, 4) is 12.3 Å². The van der Waals surface area contributed by atoms with Crippen LogP contribution in [-0.4, -0.2) is 11.6 Å². The van der Waals surface area contributed by atoms with E-state index in [0.29, 0.717) is 5.92 Å². The van der Waals surface area contributed by atoms with Crippen LogP contribution in [0.1, 0.15) is 47.5 Å². The largest absolute Gasteiger partial charge is 0.457 e. The van der Waals surface area contributed by atoms with Crippen LogP contribution in [-0.2, 0) is 9.53 Å². The highest BCUT2D eigenvalue weighted by molar-refractivity contribution is 5.82. The zero-order chi connectivity index (χ0) is 13.5. The minimum atomic E-state index is -0.398. The molecule has 0 aliphatic carbocycles. The molecule has 0 aliphatic rings. The number of hydrogen-bond acceptors (Lipinski definition) is 2. The lowest BCUT2D eigenvalue weighted by atomic mass is 9.93. The molecular formula is C15H24O2. The normalized spacial score (nSPS) is 13.7. The van der Waals surface area contributed by atoms with Crippen LogP contribution in [0.4, 0.5) is 0 Å². The summed E-state index contributed by atoms with van der Waals surface area (Å²) in [5.74, 6) is 3.04. The van der Waals surface area contributed by atoms with Crippen LogP contribution >= 0.6 is 0 Å². The molecule has 1 atom stereocenters. The maximum absolute atomic E-state index is 11.5. The van der Waals surface area contributed by atoms with Gasteiger partial charge in [0.15, 0.2) is 0 Å². The van der Waals surface area contributed by atoms with Crippen molar-refractivity contribution >= 4 is 5.97 Å². The van der Waals surface area contributed by atoms with E-state index in [-0.39, 0.29) is 11.9 Å². The Morgan fingerprint density at radius 3 is 2.47 bits per heavy atom. The molecule has 0 unspecified atom stereocenters. The molecular weight excluding hydrogens is 212 g/mol. The van der Waals surface area contributed by atoms with E-state index in [1.165, 1.54) is 6.08 Å². The summed E-state index contributed by atoms with van der Waals surface area (Å²) in [5.41, 5.74) is -0.398. The Labute approximate surface area is 105 Å². The predicted octanol–water partition coefficient (Wildman–Crippen LogP) is 3.57. The van der Waals surface area contributed by atoms with E-state index in [9.17, 15) is 4.79 Å². The van der Waals surface area contributed by atoms with Crippen molar-refractivity contribution in [2.24, 2.45) is 11.8 Å². The molecule has 0 radical (unpaired) electrons. The number of carbonyl (C=O) groups is 1. The van der Waals surface area contributed by atoms with Crippen LogP contribution in [0.5, 0.6) is 0 Å². The van der Waals surface area contributed by atoms with Gasteiger partial charge in [0.1, 0.15) is 5.60 Å². The van der Waals surface area contributed by atoms with Gasteiger partial charge in [0.25, 0.3) is 0 Å². The van der Waals surface area contributed by atoms with Gasteiger partial charge in [-0.1, -0.05) is 26.8 Å². The van der Waals surface area contributed by atoms with Crippen molar-refractivity contribution in [2.75, 3.05) is 0 Å². The number of rotatable bonds is 6. The fraction of sp³-hybridized carbons (Fsp3) is 0.667. The van der Waals surface area contributed by atoms with Gasteiger partial charge in [0.2, 0.25) is 0 Å². The lowest BCUT2D eigenvalue weighted by Gasteiger charge is -2.22. The molecule has 0 bridgehead atoms. The summed E-state index contributed by atoms with van der Waals surface area (Å²) in [4.78, 5) is 11.5. The Hall–Kier alpha value is -1.23. The van der Waals surface area contributed by atoms with Gasteiger partial charge in [-0.2, -0.15) is 0 Å². The molecule has 0 aromatic rings. The van der Waals surface area contributed by atoms with Crippen LogP contribution in [0.3, 0.4) is 0 Å². The van der Waals surface area contributed by atoms with Gasteiger partial charge < -0.3 is 4.74 Å². The highest BCUT2D eigenvalue weighted by Crippen LogP contribution is 2.16. The quantitative estimate of drug-likeness (QED) is 0.400. The SMILES string of the molecule is C#C[C@@H](C/C=C/C(=O)OC(C)(C)CC)C(C)C. The molecule has 0 fully saturated rings. The zero-order valence-corrected chi connectivity index (χ0v) is 11.6. The van der Waals surface area contributed by atoms with Crippen LogP contribution in [0, 0.1) is 24.2 Å². The molecule has 96 valence electrons. The van der Waals surface area contributed by atoms with Crippen molar-refractivity contribution in [1.82, 2.24) is 0 Å². The van der Waals surface area contributed by atoms with Gasteiger partial charge in [-0.15, -0.1) is 12.3 Å². The molecule has 2 heteroatoms. The first kappa shape index (κ1) is 15.8. The van der Waals surface area contributed by atoms with E-state index in [1.807, 2.05) is 20.8 Å². The fourth-order valence-corrected chi connectivity index (χ4v) is 1.22. The number of allylic oxidation sites excluding steroid dienone is 1. The number of ether oxygens (including phenoxy) is 1. The van der Waals surface area contributed by atoms with Gasteiger partial charge in [0.05, 0.1) is 0 Å². The summed E-state index contributed by atoms with van der Waals surface area (Å²) >= 11 is 0. The molecule has 0 aromatic carbocycles. The third kappa shape index (κ3) is 6.84. The lowest BCUT2D eigenvalue weighted by Crippen LogP contribution is -2.26. The molecule has 0 aliphatic heterocycles. The first-order valence-corrected chi connectivity index (χ1v) is 6.18. The van der Waals surface area contributed by atoms with E-state index >= 15 is 0 Å². The lowest BCUT2D eigenvalue weighted by molar-refractivity contribution is -0.150. The van der Waals surface area contributed by atoms with E-state index in [4.69, 9.17) is 11.2 Å². The fourth-order valence-electron chi connectivity index (χ4n) is 1.22. The molecule has 0 rings (SSSR count). The summed E-state index contributed by atoms with van der Waals surface area (Å²) in [7, 11) is 0. The molecule has 0 heterocycles. The highest BCUT2D eigenvalue weighted by Gasteiger charge is 2.18. The van der Waals surface area contributed by atoms with Gasteiger partial charge in [0, 0.05) is 12.0 Å². The van der Waals surface area contributed by atoms with Crippen LogP contribution in [0.25, 0.3) is 0 Å². The first-order chi connectivity index (χ1) is 7.82. The van der Waals surface area contributed by atoms with Crippen molar-refractivity contribution < 1.29 is 9.53 Å². The predicted molar refractivity (Wildman–Crippen MR) is 71.4 cm³/mol. The van der Waals surface area contributed by atoms with Crippen LogP contribution in [0.2, 0.25) is 0 Å². The molecule has 0 spiro atoms. The van der Waals surface area contributed by atoms with E-state index in [2.05, 4.69) is 19.8 Å².